The molecule has 0 aliphatic heterocycles. The highest BCUT2D eigenvalue weighted by atomic mass is 28.4. The van der Waals surface area contributed by atoms with E-state index in [0.29, 0.717) is 11.3 Å². The number of rotatable bonds is 11. The highest BCUT2D eigenvalue weighted by Crippen LogP contribution is 2.60. The van der Waals surface area contributed by atoms with Crippen molar-refractivity contribution in [3.8, 4) is 0 Å². The van der Waals surface area contributed by atoms with E-state index in [0.717, 1.165) is 30.6 Å². The van der Waals surface area contributed by atoms with Crippen molar-refractivity contribution < 1.29 is 4.43 Å². The molecule has 37 heavy (non-hydrogen) atoms. The van der Waals surface area contributed by atoms with Gasteiger partial charge in [0.15, 0.2) is 8.32 Å². The van der Waals surface area contributed by atoms with Crippen LogP contribution < -0.4 is 5.73 Å². The van der Waals surface area contributed by atoms with Gasteiger partial charge in [-0.05, 0) is 124 Å². The van der Waals surface area contributed by atoms with Crippen LogP contribution >= 0.6 is 0 Å². The second-order valence-corrected chi connectivity index (χ2v) is 18.9. The Morgan fingerprint density at radius 3 is 2.49 bits per heavy atom. The molecule has 0 aromatic carbocycles. The summed E-state index contributed by atoms with van der Waals surface area (Å²) >= 11 is 0. The molecule has 0 amide bonds. The van der Waals surface area contributed by atoms with Crippen LogP contribution in [0.1, 0.15) is 120 Å². The van der Waals surface area contributed by atoms with Crippen molar-refractivity contribution >= 4 is 8.32 Å². The maximum atomic E-state index is 6.91. The van der Waals surface area contributed by atoms with Gasteiger partial charge in [0.25, 0.3) is 0 Å². The highest BCUT2D eigenvalue weighted by molar-refractivity contribution is 6.73. The minimum absolute atomic E-state index is 0.0213. The molecule has 0 heterocycles. The van der Waals surface area contributed by atoms with Crippen molar-refractivity contribution in [2.45, 2.75) is 149 Å². The van der Waals surface area contributed by atoms with Gasteiger partial charge < -0.3 is 10.2 Å². The number of hydrogen-bond acceptors (Lipinski definition) is 2. The summed E-state index contributed by atoms with van der Waals surface area (Å²) in [5.74, 6) is 3.08. The van der Waals surface area contributed by atoms with E-state index >= 15 is 0 Å². The van der Waals surface area contributed by atoms with Crippen LogP contribution in [0.25, 0.3) is 0 Å². The molecule has 3 aliphatic carbocycles. The first kappa shape index (κ1) is 30.9. The van der Waals surface area contributed by atoms with Gasteiger partial charge in [-0.1, -0.05) is 78.7 Å². The van der Waals surface area contributed by atoms with Gasteiger partial charge in [0.1, 0.15) is 0 Å². The first-order valence-corrected chi connectivity index (χ1v) is 18.5. The number of allylic oxidation sites excluding steroid dienone is 3. The van der Waals surface area contributed by atoms with Crippen LogP contribution in [0, 0.1) is 29.1 Å². The molecule has 2 nitrogen and oxygen atoms in total. The van der Waals surface area contributed by atoms with Crippen molar-refractivity contribution in [3.63, 3.8) is 0 Å². The molecule has 2 N–H and O–H groups in total. The maximum absolute atomic E-state index is 6.91. The third-order valence-corrected chi connectivity index (χ3v) is 16.0. The third kappa shape index (κ3) is 7.12. The summed E-state index contributed by atoms with van der Waals surface area (Å²) in [6.07, 6.45) is 17.8. The van der Waals surface area contributed by atoms with Gasteiger partial charge in [0.05, 0.1) is 5.60 Å². The van der Waals surface area contributed by atoms with Crippen molar-refractivity contribution in [2.24, 2.45) is 34.8 Å². The van der Waals surface area contributed by atoms with Crippen LogP contribution in [0.3, 0.4) is 0 Å². The zero-order valence-electron chi connectivity index (χ0n) is 25.9. The fraction of sp³-hybridized carbons (Fsp3) is 0.824. The van der Waals surface area contributed by atoms with Gasteiger partial charge in [-0.15, -0.1) is 0 Å². The smallest absolute Gasteiger partial charge is 0.192 e. The fourth-order valence-corrected chi connectivity index (χ4v) is 11.9. The van der Waals surface area contributed by atoms with E-state index in [1.165, 1.54) is 80.6 Å². The zero-order chi connectivity index (χ0) is 27.4. The van der Waals surface area contributed by atoms with E-state index in [1.807, 2.05) is 0 Å². The normalized spacial score (nSPS) is 34.2. The molecule has 212 valence electrons. The topological polar surface area (TPSA) is 35.2 Å². The molecule has 3 rings (SSSR count). The minimum Gasteiger partial charge on any atom is -0.412 e. The molecule has 0 aromatic heterocycles. The van der Waals surface area contributed by atoms with E-state index in [1.54, 1.807) is 5.57 Å². The Bertz CT molecular complexity index is 828. The summed E-state index contributed by atoms with van der Waals surface area (Å²) in [6, 6.07) is 3.87. The van der Waals surface area contributed by atoms with Crippen molar-refractivity contribution in [1.29, 1.82) is 0 Å². The monoisotopic (exact) mass is 527 g/mol. The van der Waals surface area contributed by atoms with Crippen LogP contribution in [0.15, 0.2) is 35.5 Å². The summed E-state index contributed by atoms with van der Waals surface area (Å²) in [7, 11) is -1.55. The fourth-order valence-electron chi connectivity index (χ4n) is 8.66. The first-order chi connectivity index (χ1) is 17.4. The molecule has 3 fully saturated rings. The number of nitrogens with two attached hydrogens (primary N) is 1. The Hall–Kier alpha value is -0.643. The van der Waals surface area contributed by atoms with Crippen LogP contribution in [0.5, 0.6) is 0 Å². The van der Waals surface area contributed by atoms with Gasteiger partial charge in [-0.3, -0.25) is 0 Å². The van der Waals surface area contributed by atoms with Gasteiger partial charge >= 0.3 is 0 Å². The summed E-state index contributed by atoms with van der Waals surface area (Å²) < 4.78 is 6.91. The van der Waals surface area contributed by atoms with Crippen molar-refractivity contribution in [1.82, 2.24) is 0 Å². The number of fused-ring (bicyclic) bond motifs is 1. The standard InChI is InChI=1S/C34H61NOSi/c1-10-37(11-2,12-3)36-33(7,8)21-13-15-26(5)30-19-20-31-28(16-14-22-34(30,31)9)17-18-29-23-25(4)24-32(35)27(29)6/h17-18,25-26,30-32H,6,10-16,19-24,35H2,1-5,7-9H3/b28-17+,29-18-/t25-,26-,30-,31+,32+,34-/m1/s1. The van der Waals surface area contributed by atoms with Crippen molar-refractivity contribution in [2.75, 3.05) is 0 Å². The Morgan fingerprint density at radius 1 is 1.16 bits per heavy atom. The molecule has 0 unspecified atom stereocenters. The molecule has 3 saturated carbocycles. The van der Waals surface area contributed by atoms with Crippen LogP contribution in [0.2, 0.25) is 18.1 Å². The average Bonchev–Trinajstić information content (AvgIpc) is 3.21. The average molecular weight is 528 g/mol. The van der Waals surface area contributed by atoms with E-state index < -0.39 is 8.32 Å². The summed E-state index contributed by atoms with van der Waals surface area (Å²) in [6.45, 7) is 23.6. The molecule has 0 radical (unpaired) electrons. The second kappa shape index (κ2) is 12.7. The Labute approximate surface area is 232 Å². The Kier molecular flexibility index (Phi) is 10.6. The summed E-state index contributed by atoms with van der Waals surface area (Å²) in [5, 5.41) is 0. The lowest BCUT2D eigenvalue weighted by atomic mass is 9.60. The third-order valence-electron chi connectivity index (χ3n) is 11.2. The van der Waals surface area contributed by atoms with E-state index in [4.69, 9.17) is 10.2 Å². The van der Waals surface area contributed by atoms with E-state index in [2.05, 4.69) is 74.1 Å². The lowest BCUT2D eigenvalue weighted by Crippen LogP contribution is -2.44. The molecule has 0 saturated heterocycles. The molecular formula is C34H61NOSi. The van der Waals surface area contributed by atoms with Crippen LogP contribution in [-0.2, 0) is 4.43 Å². The molecular weight excluding hydrogens is 466 g/mol. The van der Waals surface area contributed by atoms with Crippen LogP contribution in [0.4, 0.5) is 0 Å². The predicted molar refractivity (Wildman–Crippen MR) is 165 cm³/mol. The highest BCUT2D eigenvalue weighted by Gasteiger charge is 2.50. The SMILES string of the molecule is C=C1/C(=C\C=C2/CCC[C@]3(C)[C@@H]([C@H](C)CCCC(C)(C)O[Si](CC)(CC)CC)CC[C@@H]23)C[C@@H](C)C[C@@H]1N. The maximum Gasteiger partial charge on any atom is 0.192 e. The van der Waals surface area contributed by atoms with E-state index in [9.17, 15) is 0 Å². The predicted octanol–water partition coefficient (Wildman–Crippen LogP) is 9.98. The first-order valence-electron chi connectivity index (χ1n) is 15.9. The van der Waals surface area contributed by atoms with Gasteiger partial charge in [-0.2, -0.15) is 0 Å². The molecule has 6 atom stereocenters. The molecule has 0 aromatic rings. The van der Waals surface area contributed by atoms with E-state index in [-0.39, 0.29) is 11.6 Å². The number of hydrogen-bond donors (Lipinski definition) is 1. The molecule has 0 bridgehead atoms. The molecule has 3 heteroatoms. The second-order valence-electron chi connectivity index (χ2n) is 14.2. The Morgan fingerprint density at radius 2 is 1.84 bits per heavy atom. The summed E-state index contributed by atoms with van der Waals surface area (Å²) in [5.41, 5.74) is 11.2. The zero-order valence-corrected chi connectivity index (χ0v) is 26.9. The van der Waals surface area contributed by atoms with Crippen molar-refractivity contribution in [3.05, 3.63) is 35.5 Å². The quantitative estimate of drug-likeness (QED) is 0.271. The molecule has 0 spiro atoms. The van der Waals surface area contributed by atoms with Gasteiger partial charge in [0.2, 0.25) is 0 Å². The lowest BCUT2D eigenvalue weighted by molar-refractivity contribution is 0.0704. The lowest BCUT2D eigenvalue weighted by Gasteiger charge is -2.44. The van der Waals surface area contributed by atoms with Crippen LogP contribution in [-0.4, -0.2) is 20.0 Å². The van der Waals surface area contributed by atoms with Gasteiger partial charge in [0, 0.05) is 6.04 Å². The summed E-state index contributed by atoms with van der Waals surface area (Å²) in [4.78, 5) is 0. The largest absolute Gasteiger partial charge is 0.412 e. The Balaban J connectivity index is 1.62. The van der Waals surface area contributed by atoms with Gasteiger partial charge in [-0.25, -0.2) is 0 Å². The molecule has 3 aliphatic rings. The minimum atomic E-state index is -1.55.